The van der Waals surface area contributed by atoms with Gasteiger partial charge in [0.25, 0.3) is 0 Å². The first kappa shape index (κ1) is 13.4. The fourth-order valence-corrected chi connectivity index (χ4v) is 3.55. The Balaban J connectivity index is 1.97. The molecule has 0 spiro atoms. The molecule has 2 aliphatic rings. The second-order valence-corrected chi connectivity index (χ2v) is 6.38. The third-order valence-corrected chi connectivity index (χ3v) is 4.85. The Labute approximate surface area is 110 Å². The van der Waals surface area contributed by atoms with Crippen LogP contribution in [0.1, 0.15) is 58.8 Å². The summed E-state index contributed by atoms with van der Waals surface area (Å²) < 4.78 is 0. The fourth-order valence-electron chi connectivity index (χ4n) is 3.55. The second-order valence-electron chi connectivity index (χ2n) is 6.38. The fraction of sp³-hybridized carbons (Fsp3) is 0.867. The molecule has 18 heavy (non-hydrogen) atoms. The standard InChI is InChI=1S/C15H24N2O/c1-11-5-6-13(12(2)9-11)17-14(18)15(10-16)7-3-4-8-15/h11-13H,3-9H2,1-2H3,(H,17,18). The Kier molecular flexibility index (Phi) is 3.94. The summed E-state index contributed by atoms with van der Waals surface area (Å²) in [5.41, 5.74) is -0.719. The van der Waals surface area contributed by atoms with E-state index in [0.717, 1.165) is 38.0 Å². The molecule has 2 saturated carbocycles. The molecule has 3 heteroatoms. The second kappa shape index (κ2) is 5.30. The van der Waals surface area contributed by atoms with Crippen LogP contribution in [0.3, 0.4) is 0 Å². The molecule has 0 aromatic carbocycles. The predicted molar refractivity (Wildman–Crippen MR) is 70.6 cm³/mol. The number of nitrogens with one attached hydrogen (secondary N) is 1. The van der Waals surface area contributed by atoms with Gasteiger partial charge >= 0.3 is 0 Å². The van der Waals surface area contributed by atoms with Crippen LogP contribution < -0.4 is 5.32 Å². The van der Waals surface area contributed by atoms with Crippen LogP contribution in [0.4, 0.5) is 0 Å². The lowest BCUT2D eigenvalue weighted by atomic mass is 9.79. The SMILES string of the molecule is CC1CCC(NC(=O)C2(C#N)CCCC2)C(C)C1. The van der Waals surface area contributed by atoms with Gasteiger partial charge in [-0.1, -0.05) is 26.7 Å². The van der Waals surface area contributed by atoms with E-state index in [-0.39, 0.29) is 11.9 Å². The van der Waals surface area contributed by atoms with E-state index in [1.54, 1.807) is 0 Å². The smallest absolute Gasteiger partial charge is 0.240 e. The minimum absolute atomic E-state index is 0.00565. The van der Waals surface area contributed by atoms with Crippen molar-refractivity contribution in [3.8, 4) is 6.07 Å². The lowest BCUT2D eigenvalue weighted by molar-refractivity contribution is -0.129. The summed E-state index contributed by atoms with van der Waals surface area (Å²) in [6.07, 6.45) is 6.95. The molecule has 0 bridgehead atoms. The van der Waals surface area contributed by atoms with Crippen molar-refractivity contribution >= 4 is 5.91 Å². The number of nitriles is 1. The Hall–Kier alpha value is -1.04. The van der Waals surface area contributed by atoms with Crippen LogP contribution in [0.25, 0.3) is 0 Å². The molecule has 0 aromatic rings. The molecule has 0 aliphatic heterocycles. The molecular formula is C15H24N2O. The molecule has 1 amide bonds. The number of amides is 1. The highest BCUT2D eigenvalue weighted by molar-refractivity contribution is 5.86. The summed E-state index contributed by atoms with van der Waals surface area (Å²) in [4.78, 5) is 12.4. The van der Waals surface area contributed by atoms with Crippen LogP contribution >= 0.6 is 0 Å². The zero-order chi connectivity index (χ0) is 13.2. The first-order valence-electron chi connectivity index (χ1n) is 7.29. The maximum atomic E-state index is 12.4. The number of carbonyl (C=O) groups is 1. The van der Waals surface area contributed by atoms with Gasteiger partial charge in [-0.25, -0.2) is 0 Å². The first-order chi connectivity index (χ1) is 8.57. The van der Waals surface area contributed by atoms with Crippen molar-refractivity contribution in [1.29, 1.82) is 5.26 Å². The average Bonchev–Trinajstić information content (AvgIpc) is 2.82. The minimum atomic E-state index is -0.719. The average molecular weight is 248 g/mol. The number of hydrogen-bond donors (Lipinski definition) is 1. The molecule has 2 fully saturated rings. The predicted octanol–water partition coefficient (Wildman–Crippen LogP) is 3.01. The van der Waals surface area contributed by atoms with E-state index in [4.69, 9.17) is 0 Å². The van der Waals surface area contributed by atoms with Crippen molar-refractivity contribution in [2.45, 2.75) is 64.8 Å². The molecule has 2 rings (SSSR count). The van der Waals surface area contributed by atoms with Gasteiger partial charge in [0, 0.05) is 6.04 Å². The Morgan fingerprint density at radius 2 is 1.94 bits per heavy atom. The molecule has 0 aromatic heterocycles. The lowest BCUT2D eigenvalue weighted by Gasteiger charge is -2.34. The molecule has 0 saturated heterocycles. The quantitative estimate of drug-likeness (QED) is 0.816. The molecule has 3 nitrogen and oxygen atoms in total. The van der Waals surface area contributed by atoms with E-state index in [1.807, 2.05) is 0 Å². The highest BCUT2D eigenvalue weighted by Crippen LogP contribution is 2.38. The molecule has 3 unspecified atom stereocenters. The summed E-state index contributed by atoms with van der Waals surface area (Å²) in [5, 5.41) is 12.5. The third-order valence-electron chi connectivity index (χ3n) is 4.85. The topological polar surface area (TPSA) is 52.9 Å². The Morgan fingerprint density at radius 3 is 2.50 bits per heavy atom. The summed E-state index contributed by atoms with van der Waals surface area (Å²) in [7, 11) is 0. The van der Waals surface area contributed by atoms with E-state index in [9.17, 15) is 10.1 Å². The normalized spacial score (nSPS) is 34.8. The minimum Gasteiger partial charge on any atom is -0.352 e. The Morgan fingerprint density at radius 1 is 1.28 bits per heavy atom. The summed E-state index contributed by atoms with van der Waals surface area (Å²) in [6, 6.07) is 2.56. The van der Waals surface area contributed by atoms with Gasteiger partial charge in [0.2, 0.25) is 5.91 Å². The van der Waals surface area contributed by atoms with Gasteiger partial charge in [-0.3, -0.25) is 4.79 Å². The van der Waals surface area contributed by atoms with Gasteiger partial charge < -0.3 is 5.32 Å². The summed E-state index contributed by atoms with van der Waals surface area (Å²) >= 11 is 0. The van der Waals surface area contributed by atoms with Crippen molar-refractivity contribution in [2.24, 2.45) is 17.3 Å². The van der Waals surface area contributed by atoms with Crippen LogP contribution in [0.2, 0.25) is 0 Å². The van der Waals surface area contributed by atoms with Gasteiger partial charge in [0.05, 0.1) is 6.07 Å². The third kappa shape index (κ3) is 2.53. The monoisotopic (exact) mass is 248 g/mol. The van der Waals surface area contributed by atoms with Crippen molar-refractivity contribution < 1.29 is 4.79 Å². The number of carbonyl (C=O) groups excluding carboxylic acids is 1. The van der Waals surface area contributed by atoms with E-state index in [1.165, 1.54) is 12.8 Å². The van der Waals surface area contributed by atoms with Crippen molar-refractivity contribution in [3.05, 3.63) is 0 Å². The van der Waals surface area contributed by atoms with Crippen molar-refractivity contribution in [3.63, 3.8) is 0 Å². The molecular weight excluding hydrogens is 224 g/mol. The van der Waals surface area contributed by atoms with Crippen LogP contribution in [0.5, 0.6) is 0 Å². The first-order valence-corrected chi connectivity index (χ1v) is 7.29. The molecule has 1 N–H and O–H groups in total. The maximum absolute atomic E-state index is 12.4. The molecule has 0 heterocycles. The van der Waals surface area contributed by atoms with Gasteiger partial charge in [0.1, 0.15) is 5.41 Å². The molecule has 2 aliphatic carbocycles. The zero-order valence-electron chi connectivity index (χ0n) is 11.5. The highest BCUT2D eigenvalue weighted by Gasteiger charge is 2.42. The van der Waals surface area contributed by atoms with Crippen LogP contribution in [0.15, 0.2) is 0 Å². The van der Waals surface area contributed by atoms with Gasteiger partial charge in [-0.05, 0) is 43.9 Å². The van der Waals surface area contributed by atoms with E-state index < -0.39 is 5.41 Å². The molecule has 3 atom stereocenters. The lowest BCUT2D eigenvalue weighted by Crippen LogP contribution is -2.48. The Bertz CT molecular complexity index is 352. The highest BCUT2D eigenvalue weighted by atomic mass is 16.2. The van der Waals surface area contributed by atoms with Gasteiger partial charge in [-0.2, -0.15) is 5.26 Å². The zero-order valence-corrected chi connectivity index (χ0v) is 11.5. The number of hydrogen-bond acceptors (Lipinski definition) is 2. The van der Waals surface area contributed by atoms with Crippen LogP contribution in [0, 0.1) is 28.6 Å². The summed E-state index contributed by atoms with van der Waals surface area (Å²) in [6.45, 7) is 4.50. The van der Waals surface area contributed by atoms with Gasteiger partial charge in [0.15, 0.2) is 0 Å². The number of rotatable bonds is 2. The van der Waals surface area contributed by atoms with Crippen LogP contribution in [-0.4, -0.2) is 11.9 Å². The van der Waals surface area contributed by atoms with E-state index in [0.29, 0.717) is 5.92 Å². The maximum Gasteiger partial charge on any atom is 0.240 e. The van der Waals surface area contributed by atoms with E-state index in [2.05, 4.69) is 25.2 Å². The van der Waals surface area contributed by atoms with Crippen LogP contribution in [-0.2, 0) is 4.79 Å². The largest absolute Gasteiger partial charge is 0.352 e. The van der Waals surface area contributed by atoms with E-state index >= 15 is 0 Å². The molecule has 0 radical (unpaired) electrons. The summed E-state index contributed by atoms with van der Waals surface area (Å²) in [5.74, 6) is 1.30. The van der Waals surface area contributed by atoms with Crippen molar-refractivity contribution in [2.75, 3.05) is 0 Å². The van der Waals surface area contributed by atoms with Gasteiger partial charge in [-0.15, -0.1) is 0 Å². The number of nitrogens with zero attached hydrogens (tertiary/aromatic N) is 1. The molecule has 100 valence electrons. The van der Waals surface area contributed by atoms with Crippen molar-refractivity contribution in [1.82, 2.24) is 5.32 Å².